The molecule has 4 nitrogen and oxygen atoms in total. The van der Waals surface area contributed by atoms with Crippen LogP contribution >= 0.6 is 0 Å². The third kappa shape index (κ3) is 4.24. The van der Waals surface area contributed by atoms with Gasteiger partial charge in [0.15, 0.2) is 0 Å². The number of hydrogen-bond acceptors (Lipinski definition) is 3. The van der Waals surface area contributed by atoms with Crippen molar-refractivity contribution in [2.24, 2.45) is 0 Å². The molecule has 0 spiro atoms. The van der Waals surface area contributed by atoms with Crippen molar-refractivity contribution in [3.63, 3.8) is 0 Å². The van der Waals surface area contributed by atoms with Crippen molar-refractivity contribution in [3.8, 4) is 17.1 Å². The summed E-state index contributed by atoms with van der Waals surface area (Å²) < 4.78 is 29.0. The largest absolute Gasteiger partial charge is 2.00 e. The molecule has 4 rings (SSSR count). The molecule has 0 atom stereocenters. The van der Waals surface area contributed by atoms with Crippen molar-refractivity contribution < 1.29 is 29.8 Å². The van der Waals surface area contributed by atoms with Gasteiger partial charge in [-0.15, -0.1) is 23.9 Å². The van der Waals surface area contributed by atoms with Crippen LogP contribution in [0.4, 0.5) is 8.78 Å². The van der Waals surface area contributed by atoms with Gasteiger partial charge in [-0.25, -0.2) is 8.78 Å². The molecule has 0 radical (unpaired) electrons. The molecule has 154 valence electrons. The molecule has 0 saturated carbocycles. The summed E-state index contributed by atoms with van der Waals surface area (Å²) in [6.07, 6.45) is 5.09. The smallest absolute Gasteiger partial charge is 0.435 e. The van der Waals surface area contributed by atoms with E-state index in [0.29, 0.717) is 11.4 Å². The summed E-state index contributed by atoms with van der Waals surface area (Å²) in [6.45, 7) is 5.99. The van der Waals surface area contributed by atoms with Gasteiger partial charge < -0.3 is 9.55 Å². The Balaban J connectivity index is 0.00000256. The molecule has 4 aromatic heterocycles. The summed E-state index contributed by atoms with van der Waals surface area (Å²) in [5.74, 6) is -1.10. The second-order valence-electron chi connectivity index (χ2n) is 7.32. The number of rotatable bonds is 4. The predicted molar refractivity (Wildman–Crippen MR) is 105 cm³/mol. The molecule has 0 unspecified atom stereocenters. The first kappa shape index (κ1) is 22.0. The molecule has 30 heavy (non-hydrogen) atoms. The number of hydrogen-bond donors (Lipinski definition) is 0. The number of halogens is 2. The average Bonchev–Trinajstić information content (AvgIpc) is 3.14. The fourth-order valence-corrected chi connectivity index (χ4v) is 3.09. The number of pyridine rings is 3. The zero-order valence-corrected chi connectivity index (χ0v) is 18.8. The Kier molecular flexibility index (Phi) is 6.27. The maximum atomic E-state index is 14.1. The summed E-state index contributed by atoms with van der Waals surface area (Å²) in [5.41, 5.74) is 2.41. The Labute approximate surface area is 188 Å². The third-order valence-corrected chi connectivity index (χ3v) is 4.78. The molecule has 0 saturated heterocycles. The van der Waals surface area contributed by atoms with Gasteiger partial charge in [0.2, 0.25) is 0 Å². The maximum Gasteiger partial charge on any atom is 2.00 e. The molecule has 0 bridgehead atoms. The first-order valence-electron chi connectivity index (χ1n) is 9.11. The van der Waals surface area contributed by atoms with Crippen LogP contribution in [0.25, 0.3) is 17.1 Å². The fourth-order valence-electron chi connectivity index (χ4n) is 3.09. The van der Waals surface area contributed by atoms with Gasteiger partial charge in [-0.2, -0.15) is 0 Å². The van der Waals surface area contributed by atoms with Crippen LogP contribution < -0.4 is 0 Å². The Hall–Kier alpha value is -2.72. The van der Waals surface area contributed by atoms with Crippen LogP contribution in [0.3, 0.4) is 0 Å². The van der Waals surface area contributed by atoms with Crippen LogP contribution in [-0.4, -0.2) is 19.5 Å². The Morgan fingerprint density at radius 1 is 0.933 bits per heavy atom. The van der Waals surface area contributed by atoms with E-state index in [0.717, 1.165) is 23.1 Å². The second kappa shape index (κ2) is 8.56. The minimum Gasteiger partial charge on any atom is -0.435 e. The molecule has 0 N–H and O–H groups in total. The van der Waals surface area contributed by atoms with Crippen LogP contribution in [0, 0.1) is 31.1 Å². The Morgan fingerprint density at radius 2 is 1.63 bits per heavy atom. The van der Waals surface area contributed by atoms with E-state index in [-0.39, 0.29) is 26.6 Å². The van der Waals surface area contributed by atoms with Gasteiger partial charge in [0, 0.05) is 16.8 Å². The monoisotopic (exact) mass is 583 g/mol. The second-order valence-corrected chi connectivity index (χ2v) is 7.32. The van der Waals surface area contributed by atoms with Crippen molar-refractivity contribution in [2.45, 2.75) is 26.2 Å². The Bertz CT molecular complexity index is 1190. The first-order valence-corrected chi connectivity index (χ1v) is 9.11. The third-order valence-electron chi connectivity index (χ3n) is 4.78. The minimum atomic E-state index is -0.939. The van der Waals surface area contributed by atoms with Crippen molar-refractivity contribution >= 4 is 0 Å². The average molecular weight is 583 g/mol. The van der Waals surface area contributed by atoms with Crippen LogP contribution in [0.2, 0.25) is 0 Å². The fraction of sp³-hybridized carbons (Fsp3) is 0.174. The molecule has 0 aliphatic carbocycles. The molecule has 0 fully saturated rings. The van der Waals surface area contributed by atoms with Crippen LogP contribution in [-0.2, 0) is 26.5 Å². The SMILES string of the molecule is Cc1c[c-]n(-c2cccc(C(C)(C)c3cccc(-c4[c-]cc(F)nc4F)n3)n2)c1.[Pt+2]. The summed E-state index contributed by atoms with van der Waals surface area (Å²) in [6, 6.07) is 16.5. The quantitative estimate of drug-likeness (QED) is 0.255. The van der Waals surface area contributed by atoms with E-state index >= 15 is 0 Å². The first-order chi connectivity index (χ1) is 13.8. The van der Waals surface area contributed by atoms with E-state index in [2.05, 4.69) is 22.2 Å². The summed E-state index contributed by atoms with van der Waals surface area (Å²) in [5, 5.41) is 0. The van der Waals surface area contributed by atoms with Gasteiger partial charge >= 0.3 is 21.1 Å². The van der Waals surface area contributed by atoms with Crippen molar-refractivity contribution in [2.75, 3.05) is 0 Å². The molecule has 0 aromatic carbocycles. The predicted octanol–water partition coefficient (Wildman–Crippen LogP) is 4.84. The number of aromatic nitrogens is 4. The number of aryl methyl sites for hydroxylation is 1. The van der Waals surface area contributed by atoms with Crippen molar-refractivity contribution in [3.05, 3.63) is 95.8 Å². The molecule has 4 aromatic rings. The molecular weight excluding hydrogens is 565 g/mol. The van der Waals surface area contributed by atoms with E-state index in [4.69, 9.17) is 4.98 Å². The maximum absolute atomic E-state index is 14.1. The van der Waals surface area contributed by atoms with E-state index < -0.39 is 17.3 Å². The van der Waals surface area contributed by atoms with Crippen LogP contribution in [0.15, 0.2) is 54.7 Å². The topological polar surface area (TPSA) is 43.6 Å². The van der Waals surface area contributed by atoms with Gasteiger partial charge in [-0.05, 0) is 31.7 Å². The zero-order chi connectivity index (χ0) is 20.6. The van der Waals surface area contributed by atoms with Gasteiger partial charge in [0.1, 0.15) is 11.9 Å². The minimum absolute atomic E-state index is 0. The molecule has 4 heterocycles. The molecule has 0 amide bonds. The van der Waals surface area contributed by atoms with E-state index in [9.17, 15) is 8.78 Å². The molecule has 7 heteroatoms. The van der Waals surface area contributed by atoms with Crippen molar-refractivity contribution in [1.29, 1.82) is 0 Å². The normalized spacial score (nSPS) is 11.2. The van der Waals surface area contributed by atoms with Crippen LogP contribution in [0.1, 0.15) is 30.8 Å². The summed E-state index contributed by atoms with van der Waals surface area (Å²) >= 11 is 0. The molecule has 0 aliphatic heterocycles. The van der Waals surface area contributed by atoms with E-state index in [1.54, 1.807) is 12.1 Å². The van der Waals surface area contributed by atoms with Crippen molar-refractivity contribution in [1.82, 2.24) is 19.5 Å². The van der Waals surface area contributed by atoms with E-state index in [1.165, 1.54) is 0 Å². The van der Waals surface area contributed by atoms with Crippen LogP contribution in [0.5, 0.6) is 0 Å². The molecule has 0 aliphatic rings. The standard InChI is InChI=1S/C23H18F2N4.Pt/c1-15-12-13-29(14-15)21-9-5-8-19(27-21)23(2,3)18-7-4-6-17(26-18)16-10-11-20(24)28-22(16)25;/h4-9,11-12,14H,1-3H3;/q-2;+2. The Morgan fingerprint density at radius 3 is 2.30 bits per heavy atom. The van der Waals surface area contributed by atoms with E-state index in [1.807, 2.05) is 61.9 Å². The zero-order valence-electron chi connectivity index (χ0n) is 16.6. The summed E-state index contributed by atoms with van der Waals surface area (Å²) in [7, 11) is 0. The van der Waals surface area contributed by atoms with Gasteiger partial charge in [-0.3, -0.25) is 9.97 Å². The summed E-state index contributed by atoms with van der Waals surface area (Å²) in [4.78, 5) is 12.6. The van der Waals surface area contributed by atoms with Gasteiger partial charge in [0.25, 0.3) is 0 Å². The number of nitrogens with zero attached hydrogens (tertiary/aromatic N) is 4. The molecular formula is C23H18F2N4Pt. The van der Waals surface area contributed by atoms with Gasteiger partial charge in [0.05, 0.1) is 5.82 Å². The van der Waals surface area contributed by atoms with Gasteiger partial charge in [-0.1, -0.05) is 49.0 Å².